The third kappa shape index (κ3) is 4.57. The van der Waals surface area contributed by atoms with Crippen LogP contribution in [0.5, 0.6) is 17.2 Å². The van der Waals surface area contributed by atoms with E-state index in [1.165, 1.54) is 0 Å². The maximum Gasteiger partial charge on any atom is 0.162 e. The van der Waals surface area contributed by atoms with Crippen LogP contribution in [0, 0.1) is 0 Å². The molecule has 136 valence electrons. The SMILES string of the molecule is CC(NCC1(C)COc2ccccc2O1)C(O)c1ccc(O)cc1.Cl. The van der Waals surface area contributed by atoms with Crippen molar-refractivity contribution in [3.05, 3.63) is 54.1 Å². The number of para-hydroxylation sites is 2. The minimum Gasteiger partial charge on any atom is -0.508 e. The average molecular weight is 366 g/mol. The van der Waals surface area contributed by atoms with Crippen molar-refractivity contribution in [2.24, 2.45) is 0 Å². The van der Waals surface area contributed by atoms with Gasteiger partial charge in [-0.25, -0.2) is 0 Å². The lowest BCUT2D eigenvalue weighted by Crippen LogP contribution is -2.52. The van der Waals surface area contributed by atoms with Gasteiger partial charge in [-0.1, -0.05) is 24.3 Å². The molecule has 1 heterocycles. The summed E-state index contributed by atoms with van der Waals surface area (Å²) < 4.78 is 11.8. The average Bonchev–Trinajstić information content (AvgIpc) is 2.59. The van der Waals surface area contributed by atoms with Crippen LogP contribution < -0.4 is 14.8 Å². The number of halogens is 1. The summed E-state index contributed by atoms with van der Waals surface area (Å²) in [5, 5.41) is 23.1. The molecule has 2 aromatic rings. The Labute approximate surface area is 154 Å². The Kier molecular flexibility index (Phi) is 6.16. The van der Waals surface area contributed by atoms with Crippen molar-refractivity contribution in [1.82, 2.24) is 5.32 Å². The number of fused-ring (bicyclic) bond motifs is 1. The first-order valence-electron chi connectivity index (χ1n) is 8.08. The number of aliphatic hydroxyl groups excluding tert-OH is 1. The molecule has 1 aliphatic heterocycles. The molecule has 3 rings (SSSR count). The van der Waals surface area contributed by atoms with Crippen LogP contribution in [0.1, 0.15) is 25.5 Å². The summed E-state index contributed by atoms with van der Waals surface area (Å²) in [6.07, 6.45) is -0.675. The quantitative estimate of drug-likeness (QED) is 0.759. The molecule has 6 heteroatoms. The smallest absolute Gasteiger partial charge is 0.162 e. The summed E-state index contributed by atoms with van der Waals surface area (Å²) in [6.45, 7) is 4.88. The number of phenols is 1. The lowest BCUT2D eigenvalue weighted by Gasteiger charge is -2.36. The van der Waals surface area contributed by atoms with Crippen LogP contribution in [0.15, 0.2) is 48.5 Å². The van der Waals surface area contributed by atoms with Gasteiger partial charge in [0.15, 0.2) is 17.1 Å². The molecule has 2 aromatic carbocycles. The summed E-state index contributed by atoms with van der Waals surface area (Å²) in [7, 11) is 0. The molecule has 0 saturated carbocycles. The highest BCUT2D eigenvalue weighted by Gasteiger charge is 2.33. The Balaban J connectivity index is 0.00000225. The normalized spacial score (nSPS) is 21.1. The fraction of sp³-hybridized carbons (Fsp3) is 0.368. The van der Waals surface area contributed by atoms with Crippen LogP contribution in [0.2, 0.25) is 0 Å². The lowest BCUT2D eigenvalue weighted by atomic mass is 10.0. The lowest BCUT2D eigenvalue weighted by molar-refractivity contribution is 0.00116. The van der Waals surface area contributed by atoms with E-state index in [1.54, 1.807) is 24.3 Å². The third-order valence-corrected chi connectivity index (χ3v) is 4.24. The summed E-state index contributed by atoms with van der Waals surface area (Å²) in [4.78, 5) is 0. The highest BCUT2D eigenvalue weighted by atomic mass is 35.5. The van der Waals surface area contributed by atoms with E-state index in [2.05, 4.69) is 5.32 Å². The molecule has 3 atom stereocenters. The Morgan fingerprint density at radius 1 is 1.12 bits per heavy atom. The van der Waals surface area contributed by atoms with Crippen LogP contribution in [0.25, 0.3) is 0 Å². The first-order chi connectivity index (χ1) is 11.5. The maximum atomic E-state index is 10.4. The maximum absolute atomic E-state index is 10.4. The minimum absolute atomic E-state index is 0. The Bertz CT molecular complexity index is 694. The summed E-state index contributed by atoms with van der Waals surface area (Å²) >= 11 is 0. The van der Waals surface area contributed by atoms with Gasteiger partial charge in [-0.15, -0.1) is 12.4 Å². The third-order valence-electron chi connectivity index (χ3n) is 4.24. The van der Waals surface area contributed by atoms with Crippen molar-refractivity contribution in [3.8, 4) is 17.2 Å². The second kappa shape index (κ2) is 7.95. The molecule has 5 nitrogen and oxygen atoms in total. The fourth-order valence-electron chi connectivity index (χ4n) is 2.71. The van der Waals surface area contributed by atoms with Crippen molar-refractivity contribution in [1.29, 1.82) is 0 Å². The van der Waals surface area contributed by atoms with E-state index in [0.29, 0.717) is 13.2 Å². The van der Waals surface area contributed by atoms with Crippen molar-refractivity contribution in [2.45, 2.75) is 31.6 Å². The number of ether oxygens (including phenoxy) is 2. The van der Waals surface area contributed by atoms with Crippen molar-refractivity contribution in [3.63, 3.8) is 0 Å². The first kappa shape index (κ1) is 19.4. The van der Waals surface area contributed by atoms with Gasteiger partial charge in [0.25, 0.3) is 0 Å². The van der Waals surface area contributed by atoms with E-state index in [0.717, 1.165) is 17.1 Å². The molecule has 1 aliphatic rings. The second-order valence-corrected chi connectivity index (χ2v) is 6.49. The van der Waals surface area contributed by atoms with Crippen LogP contribution in [-0.4, -0.2) is 35.0 Å². The van der Waals surface area contributed by atoms with Gasteiger partial charge in [-0.2, -0.15) is 0 Å². The van der Waals surface area contributed by atoms with E-state index in [1.807, 2.05) is 38.1 Å². The van der Waals surface area contributed by atoms with Gasteiger partial charge in [-0.3, -0.25) is 0 Å². The van der Waals surface area contributed by atoms with Crippen LogP contribution in [0.3, 0.4) is 0 Å². The minimum atomic E-state index is -0.675. The standard InChI is InChI=1S/C19H23NO4.ClH/c1-13(18(22)14-7-9-15(21)10-8-14)20-11-19(2)12-23-16-5-3-4-6-17(16)24-19;/h3-10,13,18,20-22H,11-12H2,1-2H3;1H. The molecule has 25 heavy (non-hydrogen) atoms. The van der Waals surface area contributed by atoms with Crippen molar-refractivity contribution >= 4 is 12.4 Å². The number of phenolic OH excluding ortho intramolecular Hbond substituents is 1. The summed E-state index contributed by atoms with van der Waals surface area (Å²) in [5.74, 6) is 1.68. The van der Waals surface area contributed by atoms with E-state index in [4.69, 9.17) is 9.47 Å². The van der Waals surface area contributed by atoms with Crippen molar-refractivity contribution in [2.75, 3.05) is 13.2 Å². The number of hydrogen-bond acceptors (Lipinski definition) is 5. The zero-order valence-corrected chi connectivity index (χ0v) is 15.1. The number of aromatic hydroxyl groups is 1. The van der Waals surface area contributed by atoms with Crippen LogP contribution in [-0.2, 0) is 0 Å². The van der Waals surface area contributed by atoms with Gasteiger partial charge in [-0.05, 0) is 43.7 Å². The largest absolute Gasteiger partial charge is 0.508 e. The predicted molar refractivity (Wildman–Crippen MR) is 98.7 cm³/mol. The molecule has 0 bridgehead atoms. The molecule has 3 N–H and O–H groups in total. The molecule has 3 unspecified atom stereocenters. The zero-order chi connectivity index (χ0) is 17.2. The van der Waals surface area contributed by atoms with Gasteiger partial charge >= 0.3 is 0 Å². The van der Waals surface area contributed by atoms with Crippen molar-refractivity contribution < 1.29 is 19.7 Å². The number of aliphatic hydroxyl groups is 1. The van der Waals surface area contributed by atoms with Gasteiger partial charge in [0.2, 0.25) is 0 Å². The molecular weight excluding hydrogens is 342 g/mol. The molecule has 0 radical (unpaired) electrons. The number of hydrogen-bond donors (Lipinski definition) is 3. The Morgan fingerprint density at radius 3 is 2.44 bits per heavy atom. The van der Waals surface area contributed by atoms with E-state index >= 15 is 0 Å². The highest BCUT2D eigenvalue weighted by molar-refractivity contribution is 5.85. The summed E-state index contributed by atoms with van der Waals surface area (Å²) in [5.41, 5.74) is 0.251. The zero-order valence-electron chi connectivity index (χ0n) is 14.3. The van der Waals surface area contributed by atoms with Gasteiger partial charge < -0.3 is 25.0 Å². The van der Waals surface area contributed by atoms with Gasteiger partial charge in [0.1, 0.15) is 12.4 Å². The molecule has 0 saturated heterocycles. The predicted octanol–water partition coefficient (Wildman–Crippen LogP) is 3.06. The molecule has 0 aliphatic carbocycles. The highest BCUT2D eigenvalue weighted by Crippen LogP contribution is 2.34. The van der Waals surface area contributed by atoms with Crippen LogP contribution >= 0.6 is 12.4 Å². The second-order valence-electron chi connectivity index (χ2n) is 6.49. The molecule has 0 amide bonds. The number of rotatable bonds is 5. The molecule has 0 spiro atoms. The first-order valence-corrected chi connectivity index (χ1v) is 8.08. The molecule has 0 aromatic heterocycles. The topological polar surface area (TPSA) is 71.0 Å². The Hall–Kier alpha value is -1.95. The van der Waals surface area contributed by atoms with Gasteiger partial charge in [0.05, 0.1) is 6.10 Å². The molecule has 0 fully saturated rings. The van der Waals surface area contributed by atoms with E-state index in [-0.39, 0.29) is 24.2 Å². The monoisotopic (exact) mass is 365 g/mol. The molecular formula is C19H24ClNO4. The van der Waals surface area contributed by atoms with Gasteiger partial charge in [0, 0.05) is 12.6 Å². The number of benzene rings is 2. The summed E-state index contributed by atoms with van der Waals surface area (Å²) in [6, 6.07) is 14.0. The fourth-order valence-corrected chi connectivity index (χ4v) is 2.71. The van der Waals surface area contributed by atoms with E-state index in [9.17, 15) is 10.2 Å². The Morgan fingerprint density at radius 2 is 1.76 bits per heavy atom. The van der Waals surface area contributed by atoms with E-state index < -0.39 is 11.7 Å². The van der Waals surface area contributed by atoms with Crippen LogP contribution in [0.4, 0.5) is 0 Å². The number of nitrogens with one attached hydrogen (secondary N) is 1.